The molecule has 1 aromatic rings. The van der Waals surface area contributed by atoms with Crippen LogP contribution in [0, 0.1) is 11.3 Å². The molecule has 0 atom stereocenters. The maximum Gasteiger partial charge on any atom is 0.325 e. The van der Waals surface area contributed by atoms with Gasteiger partial charge in [-0.05, 0) is 43.0 Å². The number of hydrogen-bond acceptors (Lipinski definition) is 2. The molecule has 0 radical (unpaired) electrons. The summed E-state index contributed by atoms with van der Waals surface area (Å²) in [4.78, 5) is 13.7. The summed E-state index contributed by atoms with van der Waals surface area (Å²) < 4.78 is 0. The highest BCUT2D eigenvalue weighted by Crippen LogP contribution is 2.16. The van der Waals surface area contributed by atoms with Gasteiger partial charge in [-0.3, -0.25) is 10.7 Å². The smallest absolute Gasteiger partial charge is 0.325 e. The van der Waals surface area contributed by atoms with Crippen molar-refractivity contribution in [1.29, 1.82) is 5.41 Å². The van der Waals surface area contributed by atoms with E-state index in [1.807, 2.05) is 4.90 Å². The first-order valence-corrected chi connectivity index (χ1v) is 7.09. The predicted molar refractivity (Wildman–Crippen MR) is 88.6 cm³/mol. The van der Waals surface area contributed by atoms with Gasteiger partial charge in [-0.2, -0.15) is 0 Å². The van der Waals surface area contributed by atoms with E-state index in [0.717, 1.165) is 25.9 Å². The fraction of sp³-hybridized carbons (Fsp3) is 0.429. The lowest BCUT2D eigenvalue weighted by Gasteiger charge is -2.31. The van der Waals surface area contributed by atoms with E-state index in [-0.39, 0.29) is 18.4 Å². The van der Waals surface area contributed by atoms with Gasteiger partial charge in [-0.25, -0.2) is 4.79 Å². The van der Waals surface area contributed by atoms with Crippen LogP contribution in [0.2, 0.25) is 5.02 Å². The molecule has 1 aliphatic heterocycles. The number of carbonyl (C=O) groups excluding carboxylic acids is 1. The van der Waals surface area contributed by atoms with Crippen LogP contribution < -0.4 is 10.6 Å². The second-order valence-corrected chi connectivity index (χ2v) is 5.54. The Morgan fingerprint density at radius 2 is 1.86 bits per heavy atom. The number of nitrogens with one attached hydrogen (secondary N) is 3. The Bertz CT molecular complexity index is 484. The van der Waals surface area contributed by atoms with Crippen LogP contribution in [0.1, 0.15) is 19.8 Å². The van der Waals surface area contributed by atoms with Crippen LogP contribution in [-0.4, -0.2) is 30.0 Å². The Kier molecular flexibility index (Phi) is 6.78. The molecule has 5 nitrogen and oxygen atoms in total. The van der Waals surface area contributed by atoms with E-state index in [1.165, 1.54) is 0 Å². The average molecular weight is 331 g/mol. The molecule has 21 heavy (non-hydrogen) atoms. The van der Waals surface area contributed by atoms with Crippen molar-refractivity contribution in [3.05, 3.63) is 29.3 Å². The highest BCUT2D eigenvalue weighted by molar-refractivity contribution is 6.30. The molecule has 0 aliphatic carbocycles. The maximum atomic E-state index is 11.8. The van der Waals surface area contributed by atoms with E-state index >= 15 is 0 Å². The SMILES string of the molecule is CC1CCN(C(=N)NC(=O)Nc2ccc(Cl)cc2)CC1.Cl. The molecule has 2 rings (SSSR count). The van der Waals surface area contributed by atoms with Crippen LogP contribution in [0.4, 0.5) is 10.5 Å². The van der Waals surface area contributed by atoms with Crippen molar-refractivity contribution in [3.63, 3.8) is 0 Å². The first-order chi connectivity index (χ1) is 9.54. The molecule has 1 fully saturated rings. The first-order valence-electron chi connectivity index (χ1n) is 6.71. The van der Waals surface area contributed by atoms with Crippen LogP contribution in [-0.2, 0) is 0 Å². The van der Waals surface area contributed by atoms with Gasteiger partial charge in [0.1, 0.15) is 0 Å². The number of benzene rings is 1. The fourth-order valence-corrected chi connectivity index (χ4v) is 2.24. The standard InChI is InChI=1S/C14H19ClN4O.ClH/c1-10-6-8-19(9-7-10)13(16)18-14(20)17-12-4-2-11(15)3-5-12;/h2-5,10H,6-9H2,1H3,(H3,16,17,18,20);1H. The van der Waals surface area contributed by atoms with Gasteiger partial charge in [0.15, 0.2) is 5.96 Å². The second kappa shape index (κ2) is 8.10. The van der Waals surface area contributed by atoms with Crippen molar-refractivity contribution in [2.75, 3.05) is 18.4 Å². The molecule has 2 amide bonds. The zero-order valence-corrected chi connectivity index (χ0v) is 13.4. The van der Waals surface area contributed by atoms with Crippen molar-refractivity contribution in [2.24, 2.45) is 5.92 Å². The summed E-state index contributed by atoms with van der Waals surface area (Å²) in [5.74, 6) is 0.852. The lowest BCUT2D eigenvalue weighted by Crippen LogP contribution is -2.47. The van der Waals surface area contributed by atoms with Gasteiger partial charge in [0.2, 0.25) is 0 Å². The molecular formula is C14H20Cl2N4O. The zero-order chi connectivity index (χ0) is 14.5. The van der Waals surface area contributed by atoms with Gasteiger partial charge in [-0.15, -0.1) is 12.4 Å². The predicted octanol–water partition coefficient (Wildman–Crippen LogP) is 3.55. The summed E-state index contributed by atoms with van der Waals surface area (Å²) in [6.45, 7) is 3.85. The fourth-order valence-electron chi connectivity index (χ4n) is 2.11. The van der Waals surface area contributed by atoms with E-state index in [9.17, 15) is 4.79 Å². The van der Waals surface area contributed by atoms with E-state index in [2.05, 4.69) is 17.6 Å². The lowest BCUT2D eigenvalue weighted by molar-refractivity contribution is 0.249. The number of hydrogen-bond donors (Lipinski definition) is 3. The van der Waals surface area contributed by atoms with E-state index in [0.29, 0.717) is 16.6 Å². The number of likely N-dealkylation sites (tertiary alicyclic amines) is 1. The molecule has 1 aromatic carbocycles. The van der Waals surface area contributed by atoms with Crippen molar-refractivity contribution < 1.29 is 4.79 Å². The van der Waals surface area contributed by atoms with Crippen LogP contribution in [0.15, 0.2) is 24.3 Å². The quantitative estimate of drug-likeness (QED) is 0.544. The number of urea groups is 1. The summed E-state index contributed by atoms with van der Waals surface area (Å²) >= 11 is 5.78. The molecule has 1 heterocycles. The molecule has 0 spiro atoms. The third kappa shape index (κ3) is 5.44. The number of guanidine groups is 1. The van der Waals surface area contributed by atoms with Gasteiger partial charge < -0.3 is 10.2 Å². The lowest BCUT2D eigenvalue weighted by atomic mass is 10.00. The average Bonchev–Trinajstić information content (AvgIpc) is 2.42. The molecule has 1 aliphatic rings. The molecule has 1 saturated heterocycles. The van der Waals surface area contributed by atoms with Crippen LogP contribution in [0.5, 0.6) is 0 Å². The Morgan fingerprint density at radius 3 is 2.43 bits per heavy atom. The van der Waals surface area contributed by atoms with Crippen LogP contribution in [0.25, 0.3) is 0 Å². The molecular weight excluding hydrogens is 311 g/mol. The van der Waals surface area contributed by atoms with Crippen molar-refractivity contribution in [1.82, 2.24) is 10.2 Å². The Balaban J connectivity index is 0.00000220. The minimum absolute atomic E-state index is 0. The monoisotopic (exact) mass is 330 g/mol. The first kappa shape index (κ1) is 17.6. The third-order valence-electron chi connectivity index (χ3n) is 3.43. The molecule has 7 heteroatoms. The highest BCUT2D eigenvalue weighted by Gasteiger charge is 2.19. The Morgan fingerprint density at radius 1 is 1.29 bits per heavy atom. The molecule has 0 bridgehead atoms. The minimum Gasteiger partial charge on any atom is -0.343 e. The summed E-state index contributed by atoms with van der Waals surface area (Å²) in [5, 5.41) is 13.8. The summed E-state index contributed by atoms with van der Waals surface area (Å²) in [7, 11) is 0. The molecule has 0 unspecified atom stereocenters. The number of rotatable bonds is 1. The Hall–Kier alpha value is -1.46. The zero-order valence-electron chi connectivity index (χ0n) is 11.9. The van der Waals surface area contributed by atoms with Gasteiger partial charge in [0.25, 0.3) is 0 Å². The van der Waals surface area contributed by atoms with Gasteiger partial charge >= 0.3 is 6.03 Å². The third-order valence-corrected chi connectivity index (χ3v) is 3.69. The number of nitrogens with zero attached hydrogens (tertiary/aromatic N) is 1. The number of piperidine rings is 1. The largest absolute Gasteiger partial charge is 0.343 e. The molecule has 0 saturated carbocycles. The van der Waals surface area contributed by atoms with Crippen molar-refractivity contribution >= 4 is 41.7 Å². The van der Waals surface area contributed by atoms with Crippen molar-refractivity contribution in [2.45, 2.75) is 19.8 Å². The highest BCUT2D eigenvalue weighted by atomic mass is 35.5. The maximum absolute atomic E-state index is 11.8. The summed E-state index contributed by atoms with van der Waals surface area (Å²) in [6, 6.07) is 6.43. The van der Waals surface area contributed by atoms with E-state index < -0.39 is 6.03 Å². The number of amides is 2. The minimum atomic E-state index is -0.407. The van der Waals surface area contributed by atoms with Gasteiger partial charge in [0, 0.05) is 23.8 Å². The number of carbonyl (C=O) groups is 1. The van der Waals surface area contributed by atoms with Crippen molar-refractivity contribution in [3.8, 4) is 0 Å². The second-order valence-electron chi connectivity index (χ2n) is 5.10. The van der Waals surface area contributed by atoms with Crippen LogP contribution in [0.3, 0.4) is 0 Å². The summed E-state index contributed by atoms with van der Waals surface area (Å²) in [6.07, 6.45) is 2.12. The van der Waals surface area contributed by atoms with Gasteiger partial charge in [0.05, 0.1) is 0 Å². The Labute approximate surface area is 136 Å². The number of anilines is 1. The number of halogens is 2. The normalized spacial score (nSPS) is 15.0. The molecule has 3 N–H and O–H groups in total. The van der Waals surface area contributed by atoms with Crippen LogP contribution >= 0.6 is 24.0 Å². The van der Waals surface area contributed by atoms with E-state index in [1.54, 1.807) is 24.3 Å². The molecule has 116 valence electrons. The molecule has 0 aromatic heterocycles. The summed E-state index contributed by atoms with van der Waals surface area (Å²) in [5.41, 5.74) is 0.645. The van der Waals surface area contributed by atoms with E-state index in [4.69, 9.17) is 17.0 Å². The topological polar surface area (TPSA) is 68.2 Å². The van der Waals surface area contributed by atoms with Gasteiger partial charge in [-0.1, -0.05) is 18.5 Å².